The summed E-state index contributed by atoms with van der Waals surface area (Å²) >= 11 is 0. The van der Waals surface area contributed by atoms with Crippen molar-refractivity contribution in [3.05, 3.63) is 57.7 Å². The SMILES string of the molecule is CCc1cc(C)c(CC)c(CC)c1Cc1cc(C)ncn1. The summed E-state index contributed by atoms with van der Waals surface area (Å²) in [5, 5.41) is 0. The van der Waals surface area contributed by atoms with Crippen molar-refractivity contribution in [2.75, 3.05) is 0 Å². The topological polar surface area (TPSA) is 25.8 Å². The van der Waals surface area contributed by atoms with E-state index in [1.54, 1.807) is 6.33 Å². The Morgan fingerprint density at radius 1 is 0.810 bits per heavy atom. The number of hydrogen-bond acceptors (Lipinski definition) is 2. The van der Waals surface area contributed by atoms with Crippen LogP contribution >= 0.6 is 0 Å². The summed E-state index contributed by atoms with van der Waals surface area (Å²) in [4.78, 5) is 8.66. The molecule has 0 aliphatic rings. The fourth-order valence-electron chi connectivity index (χ4n) is 3.29. The Morgan fingerprint density at radius 3 is 2.10 bits per heavy atom. The second-order valence-corrected chi connectivity index (χ2v) is 5.68. The minimum atomic E-state index is 0.920. The van der Waals surface area contributed by atoms with Gasteiger partial charge < -0.3 is 0 Å². The normalized spacial score (nSPS) is 10.9. The van der Waals surface area contributed by atoms with Crippen LogP contribution in [-0.2, 0) is 25.7 Å². The zero-order valence-electron chi connectivity index (χ0n) is 14.0. The Labute approximate surface area is 128 Å². The van der Waals surface area contributed by atoms with Crippen molar-refractivity contribution in [2.24, 2.45) is 0 Å². The third kappa shape index (κ3) is 3.31. The van der Waals surface area contributed by atoms with E-state index in [0.29, 0.717) is 0 Å². The molecule has 0 atom stereocenters. The molecule has 0 N–H and O–H groups in total. The number of rotatable bonds is 5. The summed E-state index contributed by atoms with van der Waals surface area (Å²) in [7, 11) is 0. The highest BCUT2D eigenvalue weighted by Gasteiger charge is 2.14. The molecule has 0 saturated carbocycles. The van der Waals surface area contributed by atoms with Gasteiger partial charge >= 0.3 is 0 Å². The van der Waals surface area contributed by atoms with E-state index in [-0.39, 0.29) is 0 Å². The monoisotopic (exact) mass is 282 g/mol. The first-order valence-corrected chi connectivity index (χ1v) is 8.01. The lowest BCUT2D eigenvalue weighted by Crippen LogP contribution is -2.07. The van der Waals surface area contributed by atoms with Gasteiger partial charge in [0.1, 0.15) is 6.33 Å². The number of aromatic nitrogens is 2. The van der Waals surface area contributed by atoms with Crippen molar-refractivity contribution >= 4 is 0 Å². The first-order chi connectivity index (χ1) is 10.1. The highest BCUT2D eigenvalue weighted by molar-refractivity contribution is 5.47. The first-order valence-electron chi connectivity index (χ1n) is 8.01. The average Bonchev–Trinajstić information content (AvgIpc) is 2.48. The molecule has 1 aromatic heterocycles. The van der Waals surface area contributed by atoms with E-state index in [1.165, 1.54) is 27.8 Å². The van der Waals surface area contributed by atoms with E-state index in [1.807, 2.05) is 6.92 Å². The van der Waals surface area contributed by atoms with Crippen LogP contribution in [0.5, 0.6) is 0 Å². The Morgan fingerprint density at radius 2 is 1.52 bits per heavy atom. The minimum absolute atomic E-state index is 0.920. The predicted octanol–water partition coefficient (Wildman–Crippen LogP) is 4.37. The molecule has 2 heteroatoms. The Balaban J connectivity index is 2.55. The summed E-state index contributed by atoms with van der Waals surface area (Å²) in [6.45, 7) is 11.0. The Kier molecular flexibility index (Phi) is 5.11. The second kappa shape index (κ2) is 6.84. The van der Waals surface area contributed by atoms with E-state index >= 15 is 0 Å². The van der Waals surface area contributed by atoms with Crippen molar-refractivity contribution in [3.63, 3.8) is 0 Å². The molecule has 1 aromatic carbocycles. The van der Waals surface area contributed by atoms with Crippen LogP contribution in [0.2, 0.25) is 0 Å². The van der Waals surface area contributed by atoms with Gasteiger partial charge in [0.25, 0.3) is 0 Å². The van der Waals surface area contributed by atoms with Gasteiger partial charge in [0.15, 0.2) is 0 Å². The maximum Gasteiger partial charge on any atom is 0.115 e. The van der Waals surface area contributed by atoms with Crippen LogP contribution in [0.1, 0.15) is 60.0 Å². The summed E-state index contributed by atoms with van der Waals surface area (Å²) in [6, 6.07) is 4.48. The van der Waals surface area contributed by atoms with Crippen LogP contribution < -0.4 is 0 Å². The van der Waals surface area contributed by atoms with Gasteiger partial charge in [0, 0.05) is 17.8 Å². The van der Waals surface area contributed by atoms with Crippen molar-refractivity contribution < 1.29 is 0 Å². The molecular weight excluding hydrogens is 256 g/mol. The lowest BCUT2D eigenvalue weighted by atomic mass is 9.86. The molecule has 0 bridgehead atoms. The van der Waals surface area contributed by atoms with Crippen LogP contribution in [-0.4, -0.2) is 9.97 Å². The third-order valence-corrected chi connectivity index (χ3v) is 4.29. The number of aryl methyl sites for hydroxylation is 3. The van der Waals surface area contributed by atoms with Crippen LogP contribution in [0.25, 0.3) is 0 Å². The van der Waals surface area contributed by atoms with Gasteiger partial charge in [-0.05, 0) is 67.0 Å². The quantitative estimate of drug-likeness (QED) is 0.813. The highest BCUT2D eigenvalue weighted by Crippen LogP contribution is 2.27. The molecule has 0 saturated heterocycles. The summed E-state index contributed by atoms with van der Waals surface area (Å²) in [5.74, 6) is 0. The molecule has 2 rings (SSSR count). The van der Waals surface area contributed by atoms with E-state index in [2.05, 4.69) is 49.8 Å². The first kappa shape index (κ1) is 15.7. The second-order valence-electron chi connectivity index (χ2n) is 5.68. The fraction of sp³-hybridized carbons (Fsp3) is 0.474. The van der Waals surface area contributed by atoms with E-state index in [0.717, 1.165) is 37.1 Å². The molecule has 112 valence electrons. The molecular formula is C19H26N2. The van der Waals surface area contributed by atoms with Crippen LogP contribution in [0.15, 0.2) is 18.5 Å². The molecule has 0 unspecified atom stereocenters. The van der Waals surface area contributed by atoms with Crippen LogP contribution in [0, 0.1) is 13.8 Å². The predicted molar refractivity (Wildman–Crippen MR) is 88.9 cm³/mol. The maximum absolute atomic E-state index is 4.45. The van der Waals surface area contributed by atoms with E-state index in [9.17, 15) is 0 Å². The summed E-state index contributed by atoms with van der Waals surface area (Å²) < 4.78 is 0. The summed E-state index contributed by atoms with van der Waals surface area (Å²) in [5.41, 5.74) is 9.62. The lowest BCUT2D eigenvalue weighted by molar-refractivity contribution is 0.920. The number of benzene rings is 1. The zero-order chi connectivity index (χ0) is 15.4. The Hall–Kier alpha value is -1.70. The average molecular weight is 282 g/mol. The largest absolute Gasteiger partial charge is 0.242 e. The van der Waals surface area contributed by atoms with Gasteiger partial charge in [-0.2, -0.15) is 0 Å². The molecule has 0 aliphatic carbocycles. The minimum Gasteiger partial charge on any atom is -0.242 e. The maximum atomic E-state index is 4.45. The molecule has 0 amide bonds. The Bertz CT molecular complexity index is 630. The molecule has 0 spiro atoms. The standard InChI is InChI=1S/C19H26N2/c1-6-15-9-13(4)17(7-2)18(8-3)19(15)11-16-10-14(5)20-12-21-16/h9-10,12H,6-8,11H2,1-5H3. The molecule has 2 aromatic rings. The van der Waals surface area contributed by atoms with Gasteiger partial charge in [0.05, 0.1) is 0 Å². The van der Waals surface area contributed by atoms with Crippen molar-refractivity contribution in [2.45, 2.75) is 60.3 Å². The zero-order valence-corrected chi connectivity index (χ0v) is 14.0. The molecule has 0 aliphatic heterocycles. The highest BCUT2D eigenvalue weighted by atomic mass is 14.8. The van der Waals surface area contributed by atoms with Crippen molar-refractivity contribution in [1.82, 2.24) is 9.97 Å². The van der Waals surface area contributed by atoms with Crippen LogP contribution in [0.4, 0.5) is 0 Å². The molecule has 0 radical (unpaired) electrons. The molecule has 0 fully saturated rings. The van der Waals surface area contributed by atoms with Gasteiger partial charge in [-0.1, -0.05) is 26.8 Å². The molecule has 2 nitrogen and oxygen atoms in total. The van der Waals surface area contributed by atoms with Gasteiger partial charge in [-0.15, -0.1) is 0 Å². The third-order valence-electron chi connectivity index (χ3n) is 4.29. The van der Waals surface area contributed by atoms with E-state index in [4.69, 9.17) is 0 Å². The molecule has 1 heterocycles. The van der Waals surface area contributed by atoms with Crippen molar-refractivity contribution in [3.8, 4) is 0 Å². The molecule has 21 heavy (non-hydrogen) atoms. The van der Waals surface area contributed by atoms with Crippen molar-refractivity contribution in [1.29, 1.82) is 0 Å². The van der Waals surface area contributed by atoms with Gasteiger partial charge in [-0.3, -0.25) is 0 Å². The van der Waals surface area contributed by atoms with Gasteiger partial charge in [0.2, 0.25) is 0 Å². The lowest BCUT2D eigenvalue weighted by Gasteiger charge is -2.19. The number of hydrogen-bond donors (Lipinski definition) is 0. The van der Waals surface area contributed by atoms with Crippen LogP contribution in [0.3, 0.4) is 0 Å². The fourth-order valence-corrected chi connectivity index (χ4v) is 3.29. The van der Waals surface area contributed by atoms with Gasteiger partial charge in [-0.25, -0.2) is 9.97 Å². The van der Waals surface area contributed by atoms with E-state index < -0.39 is 0 Å². The smallest absolute Gasteiger partial charge is 0.115 e. The number of nitrogens with zero attached hydrogens (tertiary/aromatic N) is 2. The summed E-state index contributed by atoms with van der Waals surface area (Å²) in [6.07, 6.45) is 5.88.